The van der Waals surface area contributed by atoms with Gasteiger partial charge in [0.2, 0.25) is 10.0 Å². The average Bonchev–Trinajstić information content (AvgIpc) is 2.91. The molecule has 2 aromatic carbocycles. The first-order valence-corrected chi connectivity index (χ1v) is 11.3. The number of para-hydroxylation sites is 1. The van der Waals surface area contributed by atoms with Crippen molar-refractivity contribution in [2.45, 2.75) is 25.4 Å². The number of H-pyrrole nitrogens is 1. The maximum Gasteiger partial charge on any atom is 0.212 e. The topological polar surface area (TPSA) is 53.2 Å². The van der Waals surface area contributed by atoms with E-state index in [1.165, 1.54) is 16.4 Å². The highest BCUT2D eigenvalue weighted by atomic mass is 127. The van der Waals surface area contributed by atoms with Crippen molar-refractivity contribution >= 4 is 43.5 Å². The fraction of sp³-hybridized carbons (Fsp3) is 0.263. The van der Waals surface area contributed by atoms with Gasteiger partial charge in [-0.05, 0) is 59.7 Å². The van der Waals surface area contributed by atoms with E-state index in [9.17, 15) is 17.2 Å². The van der Waals surface area contributed by atoms with Crippen LogP contribution in [-0.2, 0) is 16.4 Å². The minimum Gasteiger partial charge on any atom is -0.357 e. The van der Waals surface area contributed by atoms with E-state index in [-0.39, 0.29) is 5.56 Å². The lowest BCUT2D eigenvalue weighted by Crippen LogP contribution is -2.46. The molecule has 1 aliphatic heterocycles. The van der Waals surface area contributed by atoms with Crippen LogP contribution in [0.3, 0.4) is 0 Å². The number of benzene rings is 2. The van der Waals surface area contributed by atoms with Gasteiger partial charge in [0.15, 0.2) is 0 Å². The lowest BCUT2D eigenvalue weighted by atomic mass is 9.90. The number of fused-ring (bicyclic) bond motifs is 3. The van der Waals surface area contributed by atoms with Crippen molar-refractivity contribution in [2.24, 2.45) is 0 Å². The molecule has 27 heavy (non-hydrogen) atoms. The van der Waals surface area contributed by atoms with Crippen LogP contribution in [0, 0.1) is 15.2 Å². The number of nitrogens with one attached hydrogen (secondary N) is 1. The normalized spacial score (nSPS) is 20.8. The Morgan fingerprint density at radius 1 is 1.19 bits per heavy atom. The van der Waals surface area contributed by atoms with Crippen LogP contribution in [0.25, 0.3) is 10.9 Å². The molecule has 0 saturated heterocycles. The Morgan fingerprint density at radius 2 is 1.81 bits per heavy atom. The van der Waals surface area contributed by atoms with Gasteiger partial charge in [-0.3, -0.25) is 0 Å². The molecule has 0 unspecified atom stereocenters. The summed E-state index contributed by atoms with van der Waals surface area (Å²) in [5.41, 5.74) is 2.00. The third-order valence-electron chi connectivity index (χ3n) is 5.01. The lowest BCUT2D eigenvalue weighted by Gasteiger charge is -2.39. The summed E-state index contributed by atoms with van der Waals surface area (Å²) in [6.45, 7) is 1.77. The predicted octanol–water partition coefficient (Wildman–Crippen LogP) is 4.35. The number of aromatic nitrogens is 1. The maximum atomic E-state index is 14.9. The van der Waals surface area contributed by atoms with Gasteiger partial charge in [-0.1, -0.05) is 18.2 Å². The molecule has 0 fully saturated rings. The van der Waals surface area contributed by atoms with Gasteiger partial charge in [-0.25, -0.2) is 17.2 Å². The highest BCUT2D eigenvalue weighted by Crippen LogP contribution is 2.43. The van der Waals surface area contributed by atoms with E-state index >= 15 is 0 Å². The van der Waals surface area contributed by atoms with Crippen molar-refractivity contribution in [3.8, 4) is 0 Å². The molecule has 0 bridgehead atoms. The van der Waals surface area contributed by atoms with Crippen LogP contribution in [0.4, 0.5) is 8.78 Å². The smallest absolute Gasteiger partial charge is 0.212 e. The number of rotatable bonds is 2. The molecule has 4 rings (SSSR count). The van der Waals surface area contributed by atoms with E-state index in [0.717, 1.165) is 22.7 Å². The summed E-state index contributed by atoms with van der Waals surface area (Å²) in [4.78, 5) is 3.21. The van der Waals surface area contributed by atoms with E-state index in [2.05, 4.69) is 4.98 Å². The molecule has 3 aromatic rings. The summed E-state index contributed by atoms with van der Waals surface area (Å²) in [5.74, 6) is -1.51. The Kier molecular flexibility index (Phi) is 4.55. The lowest BCUT2D eigenvalue weighted by molar-refractivity contribution is 0.260. The Morgan fingerprint density at radius 3 is 2.44 bits per heavy atom. The summed E-state index contributed by atoms with van der Waals surface area (Å²) in [5, 5.41) is 0.948. The fourth-order valence-electron chi connectivity index (χ4n) is 4.05. The van der Waals surface area contributed by atoms with Crippen LogP contribution in [0.15, 0.2) is 36.4 Å². The van der Waals surface area contributed by atoms with Crippen LogP contribution in [0.5, 0.6) is 0 Å². The zero-order valence-electron chi connectivity index (χ0n) is 14.6. The van der Waals surface area contributed by atoms with Gasteiger partial charge in [0, 0.05) is 31.8 Å². The van der Waals surface area contributed by atoms with Crippen LogP contribution in [0.1, 0.15) is 29.8 Å². The van der Waals surface area contributed by atoms with Crippen LogP contribution < -0.4 is 0 Å². The number of hydrogen-bond donors (Lipinski definition) is 1. The molecule has 0 amide bonds. The van der Waals surface area contributed by atoms with Crippen molar-refractivity contribution in [3.05, 3.63) is 68.4 Å². The third kappa shape index (κ3) is 3.07. The van der Waals surface area contributed by atoms with Gasteiger partial charge in [-0.15, -0.1) is 0 Å². The predicted molar refractivity (Wildman–Crippen MR) is 109 cm³/mol. The van der Waals surface area contributed by atoms with Gasteiger partial charge in [0.25, 0.3) is 0 Å². The molecule has 1 N–H and O–H groups in total. The van der Waals surface area contributed by atoms with Crippen LogP contribution in [0.2, 0.25) is 0 Å². The van der Waals surface area contributed by atoms with Crippen LogP contribution >= 0.6 is 22.6 Å². The van der Waals surface area contributed by atoms with E-state index in [0.29, 0.717) is 15.7 Å². The number of halogens is 3. The fourth-order valence-corrected chi connectivity index (χ4v) is 5.91. The van der Waals surface area contributed by atoms with E-state index in [4.69, 9.17) is 0 Å². The summed E-state index contributed by atoms with van der Waals surface area (Å²) in [7, 11) is -3.72. The van der Waals surface area contributed by atoms with Gasteiger partial charge in [-0.2, -0.15) is 4.31 Å². The molecular weight excluding hydrogens is 485 g/mol. The first kappa shape index (κ1) is 18.8. The molecule has 0 saturated carbocycles. The molecule has 8 heteroatoms. The maximum absolute atomic E-state index is 14.9. The molecule has 142 valence electrons. The summed E-state index contributed by atoms with van der Waals surface area (Å²) < 4.78 is 56.5. The number of sulfonamides is 1. The summed E-state index contributed by atoms with van der Waals surface area (Å²) in [6, 6.07) is 8.50. The Bertz CT molecular complexity index is 1140. The average molecular weight is 502 g/mol. The molecule has 1 aliphatic rings. The second kappa shape index (κ2) is 6.52. The van der Waals surface area contributed by atoms with E-state index < -0.39 is 33.7 Å². The second-order valence-corrected chi connectivity index (χ2v) is 10.0. The van der Waals surface area contributed by atoms with Gasteiger partial charge >= 0.3 is 0 Å². The SMILES string of the molecule is C[C@@H]1Cc2c([nH]c3ccccc23)[C@@H](c2c(F)cc(I)cc2F)N1S(C)(=O)=O. The van der Waals surface area contributed by atoms with Crippen molar-refractivity contribution in [1.82, 2.24) is 9.29 Å². The minimum atomic E-state index is -3.72. The highest BCUT2D eigenvalue weighted by Gasteiger charge is 2.43. The quantitative estimate of drug-likeness (QED) is 0.531. The van der Waals surface area contributed by atoms with Gasteiger partial charge < -0.3 is 4.98 Å². The molecular formula is C19H17F2IN2O2S. The van der Waals surface area contributed by atoms with E-state index in [1.54, 1.807) is 6.92 Å². The highest BCUT2D eigenvalue weighted by molar-refractivity contribution is 14.1. The number of hydrogen-bond acceptors (Lipinski definition) is 2. The molecule has 2 heterocycles. The molecule has 0 spiro atoms. The van der Waals surface area contributed by atoms with Crippen LogP contribution in [-0.4, -0.2) is 30.0 Å². The molecule has 2 atom stereocenters. The molecule has 4 nitrogen and oxygen atoms in total. The standard InChI is InChI=1S/C19H17F2IN2O2S/c1-10-7-13-12-5-3-4-6-16(12)23-18(13)19(24(10)27(2,25)26)17-14(20)8-11(22)9-15(17)21/h3-6,8-10,19,23H,7H2,1-2H3/t10-,19-/m1/s1. The Balaban J connectivity index is 2.07. The van der Waals surface area contributed by atoms with Gasteiger partial charge in [0.1, 0.15) is 11.6 Å². The zero-order chi connectivity index (χ0) is 19.5. The van der Waals surface area contributed by atoms with Crippen molar-refractivity contribution in [1.29, 1.82) is 0 Å². The number of aromatic amines is 1. The Labute approximate surface area is 169 Å². The molecule has 0 aliphatic carbocycles. The van der Waals surface area contributed by atoms with Gasteiger partial charge in [0.05, 0.1) is 12.3 Å². The number of nitrogens with zero attached hydrogens (tertiary/aromatic N) is 1. The first-order valence-electron chi connectivity index (χ1n) is 8.41. The molecule has 1 aromatic heterocycles. The third-order valence-corrected chi connectivity index (χ3v) is 6.97. The van der Waals surface area contributed by atoms with Crippen molar-refractivity contribution in [3.63, 3.8) is 0 Å². The zero-order valence-corrected chi connectivity index (χ0v) is 17.6. The largest absolute Gasteiger partial charge is 0.357 e. The monoisotopic (exact) mass is 502 g/mol. The first-order chi connectivity index (χ1) is 12.7. The van der Waals surface area contributed by atoms with Crippen molar-refractivity contribution in [2.75, 3.05) is 6.26 Å². The Hall–Kier alpha value is -1.52. The summed E-state index contributed by atoms with van der Waals surface area (Å²) >= 11 is 1.84. The molecule has 0 radical (unpaired) electrons. The van der Waals surface area contributed by atoms with Crippen molar-refractivity contribution < 1.29 is 17.2 Å². The minimum absolute atomic E-state index is 0.250. The van der Waals surface area contributed by atoms with E-state index in [1.807, 2.05) is 46.9 Å². The second-order valence-electron chi connectivity index (χ2n) is 6.89. The summed E-state index contributed by atoms with van der Waals surface area (Å²) in [6.07, 6.45) is 1.54.